The van der Waals surface area contributed by atoms with E-state index in [1.54, 1.807) is 0 Å². The molecule has 0 radical (unpaired) electrons. The van der Waals surface area contributed by atoms with Gasteiger partial charge >= 0.3 is 5.97 Å². The smallest absolute Gasteiger partial charge is 0.306 e. The van der Waals surface area contributed by atoms with Gasteiger partial charge in [0, 0.05) is 0 Å². The summed E-state index contributed by atoms with van der Waals surface area (Å²) >= 11 is 0. The van der Waals surface area contributed by atoms with Gasteiger partial charge in [0.25, 0.3) is 0 Å². The first kappa shape index (κ1) is 22.2. The van der Waals surface area contributed by atoms with Gasteiger partial charge in [0.15, 0.2) is 0 Å². The van der Waals surface area contributed by atoms with Crippen molar-refractivity contribution in [2.24, 2.45) is 5.92 Å². The normalized spacial score (nSPS) is 14.1. The number of aliphatic carboxylic acids is 1. The predicted molar refractivity (Wildman–Crippen MR) is 105 cm³/mol. The lowest BCUT2D eigenvalue weighted by Crippen LogP contribution is -2.11. The quantitative estimate of drug-likeness (QED) is 0.287. The van der Waals surface area contributed by atoms with Gasteiger partial charge in [0.1, 0.15) is 0 Å². The monoisotopic (exact) mass is 330 g/mol. The minimum absolute atomic E-state index is 0.237. The summed E-state index contributed by atoms with van der Waals surface area (Å²) in [6, 6.07) is 0. The van der Waals surface area contributed by atoms with Crippen molar-refractivity contribution in [2.75, 3.05) is 0 Å². The van der Waals surface area contributed by atoms with Gasteiger partial charge in [-0.25, -0.2) is 0 Å². The molecule has 0 fully saturated rings. The van der Waals surface area contributed by atoms with E-state index in [0.717, 1.165) is 38.5 Å². The van der Waals surface area contributed by atoms with Gasteiger partial charge in [-0.2, -0.15) is 0 Å². The summed E-state index contributed by atoms with van der Waals surface area (Å²) in [4.78, 5) is 10.9. The van der Waals surface area contributed by atoms with Gasteiger partial charge in [-0.3, -0.25) is 4.79 Å². The summed E-state index contributed by atoms with van der Waals surface area (Å²) in [7, 11) is 0. The molecule has 1 atom stereocenters. The highest BCUT2D eigenvalue weighted by atomic mass is 16.4. The highest BCUT2D eigenvalue weighted by molar-refractivity contribution is 5.70. The fraction of sp³-hybridized carbons (Fsp3) is 0.500. The zero-order chi connectivity index (χ0) is 17.9. The number of unbranched alkanes of at least 4 members (excludes halogenated alkanes) is 1. The molecular weight excluding hydrogens is 296 g/mol. The molecule has 0 rings (SSSR count). The Hall–Kier alpha value is -1.83. The van der Waals surface area contributed by atoms with Crippen molar-refractivity contribution >= 4 is 5.97 Å². The van der Waals surface area contributed by atoms with Crippen LogP contribution in [0.15, 0.2) is 60.8 Å². The molecule has 134 valence electrons. The Kier molecular flexibility index (Phi) is 16.2. The molecule has 2 nitrogen and oxygen atoms in total. The second kappa shape index (κ2) is 17.5. The van der Waals surface area contributed by atoms with Gasteiger partial charge in [-0.1, -0.05) is 74.6 Å². The lowest BCUT2D eigenvalue weighted by molar-refractivity contribution is -0.141. The van der Waals surface area contributed by atoms with Crippen molar-refractivity contribution in [2.45, 2.75) is 65.2 Å². The molecule has 0 amide bonds. The Balaban J connectivity index is 3.60. The number of allylic oxidation sites excluding steroid dienone is 10. The molecule has 0 heterocycles. The molecule has 0 aromatic rings. The van der Waals surface area contributed by atoms with Gasteiger partial charge < -0.3 is 5.11 Å². The molecule has 0 aliphatic heterocycles. The number of carboxylic acids is 1. The van der Waals surface area contributed by atoms with E-state index in [4.69, 9.17) is 5.11 Å². The lowest BCUT2D eigenvalue weighted by atomic mass is 10.0. The van der Waals surface area contributed by atoms with Crippen molar-refractivity contribution in [3.63, 3.8) is 0 Å². The van der Waals surface area contributed by atoms with Crippen LogP contribution in [-0.4, -0.2) is 11.1 Å². The maximum Gasteiger partial charge on any atom is 0.306 e. The standard InChI is InChI=1S/C22H34O2/c1-3-5-6-7-8-9-10-11-12-13-14-15-16-17-18-19-20-21(4-2)22(23)24/h5-6,8-9,11-12,14-15,18-19,21H,3-4,7,10,13,16-17,20H2,1-2H3,(H,23,24). The lowest BCUT2D eigenvalue weighted by Gasteiger charge is -2.04. The fourth-order valence-electron chi connectivity index (χ4n) is 2.11. The number of carbonyl (C=O) groups is 1. The van der Waals surface area contributed by atoms with Crippen LogP contribution in [0, 0.1) is 5.92 Å². The van der Waals surface area contributed by atoms with Crippen molar-refractivity contribution in [3.05, 3.63) is 60.8 Å². The summed E-state index contributed by atoms with van der Waals surface area (Å²) in [6.07, 6.45) is 29.1. The summed E-state index contributed by atoms with van der Waals surface area (Å²) in [5, 5.41) is 8.94. The second-order valence-electron chi connectivity index (χ2n) is 5.73. The van der Waals surface area contributed by atoms with Crippen LogP contribution in [0.2, 0.25) is 0 Å². The zero-order valence-corrected chi connectivity index (χ0v) is 15.4. The van der Waals surface area contributed by atoms with Crippen LogP contribution in [0.5, 0.6) is 0 Å². The Morgan fingerprint density at radius 3 is 1.67 bits per heavy atom. The SMILES string of the molecule is CCC=CCC=CCC=CCC=CCCC=CCC(CC)C(=O)O. The van der Waals surface area contributed by atoms with Crippen LogP contribution in [0.25, 0.3) is 0 Å². The highest BCUT2D eigenvalue weighted by Gasteiger charge is 2.11. The van der Waals surface area contributed by atoms with Crippen LogP contribution in [0.4, 0.5) is 0 Å². The van der Waals surface area contributed by atoms with Crippen molar-refractivity contribution in [1.29, 1.82) is 0 Å². The first-order chi connectivity index (χ1) is 11.7. The Morgan fingerprint density at radius 2 is 1.21 bits per heavy atom. The third-order valence-electron chi connectivity index (χ3n) is 3.65. The topological polar surface area (TPSA) is 37.3 Å². The summed E-state index contributed by atoms with van der Waals surface area (Å²) in [6.45, 7) is 4.07. The summed E-state index contributed by atoms with van der Waals surface area (Å²) < 4.78 is 0. The molecule has 0 aliphatic rings. The van der Waals surface area contributed by atoms with E-state index in [1.807, 2.05) is 13.0 Å². The van der Waals surface area contributed by atoms with Crippen molar-refractivity contribution in [3.8, 4) is 0 Å². The van der Waals surface area contributed by atoms with Crippen LogP contribution in [0.1, 0.15) is 65.2 Å². The third-order valence-corrected chi connectivity index (χ3v) is 3.65. The number of carboxylic acid groups (broad SMARTS) is 1. The molecule has 0 aromatic carbocycles. The molecular formula is C22H34O2. The van der Waals surface area contributed by atoms with Gasteiger partial charge in [-0.05, 0) is 51.4 Å². The molecule has 0 saturated carbocycles. The Labute approximate surface area is 148 Å². The molecule has 0 bridgehead atoms. The number of hydrogen-bond acceptors (Lipinski definition) is 1. The molecule has 1 N–H and O–H groups in total. The minimum Gasteiger partial charge on any atom is -0.481 e. The van der Waals surface area contributed by atoms with Crippen LogP contribution in [0.3, 0.4) is 0 Å². The molecule has 0 spiro atoms. The predicted octanol–water partition coefficient (Wildman–Crippen LogP) is 6.63. The summed E-state index contributed by atoms with van der Waals surface area (Å²) in [5.41, 5.74) is 0. The fourth-order valence-corrected chi connectivity index (χ4v) is 2.11. The van der Waals surface area contributed by atoms with Crippen LogP contribution < -0.4 is 0 Å². The first-order valence-corrected chi connectivity index (χ1v) is 9.20. The largest absolute Gasteiger partial charge is 0.481 e. The van der Waals surface area contributed by atoms with E-state index in [2.05, 4.69) is 61.6 Å². The minimum atomic E-state index is -0.693. The van der Waals surface area contributed by atoms with Crippen LogP contribution in [-0.2, 0) is 4.79 Å². The van der Waals surface area contributed by atoms with Gasteiger partial charge in [0.05, 0.1) is 5.92 Å². The average molecular weight is 331 g/mol. The Bertz CT molecular complexity index is 439. The zero-order valence-electron chi connectivity index (χ0n) is 15.4. The van der Waals surface area contributed by atoms with Gasteiger partial charge in [-0.15, -0.1) is 0 Å². The van der Waals surface area contributed by atoms with Crippen LogP contribution >= 0.6 is 0 Å². The Morgan fingerprint density at radius 1 is 0.750 bits per heavy atom. The molecule has 0 aliphatic carbocycles. The van der Waals surface area contributed by atoms with E-state index in [0.29, 0.717) is 12.8 Å². The maximum absolute atomic E-state index is 10.9. The molecule has 24 heavy (non-hydrogen) atoms. The molecule has 0 aromatic heterocycles. The van der Waals surface area contributed by atoms with Gasteiger partial charge in [0.2, 0.25) is 0 Å². The van der Waals surface area contributed by atoms with Crippen molar-refractivity contribution < 1.29 is 9.90 Å². The number of rotatable bonds is 14. The van der Waals surface area contributed by atoms with Crippen molar-refractivity contribution in [1.82, 2.24) is 0 Å². The average Bonchev–Trinajstić information content (AvgIpc) is 2.57. The highest BCUT2D eigenvalue weighted by Crippen LogP contribution is 2.09. The second-order valence-corrected chi connectivity index (χ2v) is 5.73. The van der Waals surface area contributed by atoms with E-state index >= 15 is 0 Å². The maximum atomic E-state index is 10.9. The molecule has 0 saturated heterocycles. The summed E-state index contributed by atoms with van der Waals surface area (Å²) in [5.74, 6) is -0.931. The van der Waals surface area contributed by atoms with E-state index in [1.165, 1.54) is 0 Å². The van der Waals surface area contributed by atoms with E-state index in [9.17, 15) is 4.79 Å². The van der Waals surface area contributed by atoms with E-state index in [-0.39, 0.29) is 5.92 Å². The number of hydrogen-bond donors (Lipinski definition) is 1. The van der Waals surface area contributed by atoms with E-state index < -0.39 is 5.97 Å². The molecule has 2 heteroatoms. The molecule has 1 unspecified atom stereocenters. The third kappa shape index (κ3) is 15.1. The first-order valence-electron chi connectivity index (χ1n) is 9.20.